The number of alkyl halides is 2. The van der Waals surface area contributed by atoms with Crippen molar-refractivity contribution in [2.45, 2.75) is 6.61 Å². The minimum atomic E-state index is -2.97. The first-order valence-corrected chi connectivity index (χ1v) is 6.47. The lowest BCUT2D eigenvalue weighted by molar-refractivity contribution is -0.0498. The van der Waals surface area contributed by atoms with Gasteiger partial charge in [-0.05, 0) is 36.4 Å². The second kappa shape index (κ2) is 7.21. The van der Waals surface area contributed by atoms with E-state index in [1.165, 1.54) is 30.3 Å². The highest BCUT2D eigenvalue weighted by molar-refractivity contribution is 6.04. The van der Waals surface area contributed by atoms with Crippen molar-refractivity contribution in [1.29, 1.82) is 0 Å². The lowest BCUT2D eigenvalue weighted by Gasteiger charge is -2.09. The number of hydrogen-bond donors (Lipinski definition) is 3. The smallest absolute Gasteiger partial charge is 0.387 e. The lowest BCUT2D eigenvalue weighted by Crippen LogP contribution is -2.19. The van der Waals surface area contributed by atoms with Gasteiger partial charge in [-0.15, -0.1) is 0 Å². The van der Waals surface area contributed by atoms with Crippen LogP contribution in [0.15, 0.2) is 48.5 Å². The van der Waals surface area contributed by atoms with Gasteiger partial charge < -0.3 is 21.1 Å². The normalized spacial score (nSPS) is 10.2. The number of carbonyl (C=O) groups is 2. The number of hydrogen-bond acceptors (Lipinski definition) is 3. The van der Waals surface area contributed by atoms with Gasteiger partial charge in [-0.1, -0.05) is 12.1 Å². The van der Waals surface area contributed by atoms with Crippen molar-refractivity contribution < 1.29 is 23.1 Å². The average molecular weight is 321 g/mol. The van der Waals surface area contributed by atoms with Crippen LogP contribution in [0.25, 0.3) is 0 Å². The Balaban J connectivity index is 2.11. The summed E-state index contributed by atoms with van der Waals surface area (Å²) < 4.78 is 28.6. The van der Waals surface area contributed by atoms with E-state index in [1.54, 1.807) is 18.2 Å². The monoisotopic (exact) mass is 321 g/mol. The van der Waals surface area contributed by atoms with Gasteiger partial charge in [-0.25, -0.2) is 4.79 Å². The number of nitrogens with two attached hydrogens (primary N) is 1. The van der Waals surface area contributed by atoms with Crippen molar-refractivity contribution in [3.8, 4) is 5.75 Å². The zero-order valence-corrected chi connectivity index (χ0v) is 11.8. The average Bonchev–Trinajstić information content (AvgIpc) is 2.46. The molecule has 0 aliphatic heterocycles. The van der Waals surface area contributed by atoms with Gasteiger partial charge in [-0.2, -0.15) is 8.78 Å². The zero-order chi connectivity index (χ0) is 16.8. The molecule has 4 N–H and O–H groups in total. The summed E-state index contributed by atoms with van der Waals surface area (Å²) in [5.74, 6) is -0.627. The van der Waals surface area contributed by atoms with E-state index >= 15 is 0 Å². The summed E-state index contributed by atoms with van der Waals surface area (Å²) in [6.45, 7) is -2.97. The van der Waals surface area contributed by atoms with E-state index in [1.807, 2.05) is 0 Å². The molecular formula is C15H13F2N3O3. The SMILES string of the molecule is NC(=O)Nc1cccc(NC(=O)c2cccc(OC(F)F)c2)c1. The summed E-state index contributed by atoms with van der Waals surface area (Å²) in [5.41, 5.74) is 5.97. The van der Waals surface area contributed by atoms with E-state index in [2.05, 4.69) is 15.4 Å². The van der Waals surface area contributed by atoms with Crippen LogP contribution in [0.4, 0.5) is 25.0 Å². The molecule has 0 atom stereocenters. The third kappa shape index (κ3) is 4.95. The first-order valence-electron chi connectivity index (χ1n) is 6.47. The maximum absolute atomic E-state index is 12.2. The number of amides is 3. The Bertz CT molecular complexity index is 723. The molecule has 0 saturated heterocycles. The zero-order valence-electron chi connectivity index (χ0n) is 11.8. The van der Waals surface area contributed by atoms with Gasteiger partial charge >= 0.3 is 12.6 Å². The summed E-state index contributed by atoms with van der Waals surface area (Å²) in [6, 6.07) is 11.0. The summed E-state index contributed by atoms with van der Waals surface area (Å²) in [4.78, 5) is 22.9. The van der Waals surface area contributed by atoms with Crippen molar-refractivity contribution in [3.63, 3.8) is 0 Å². The van der Waals surface area contributed by atoms with Crippen molar-refractivity contribution in [2.75, 3.05) is 10.6 Å². The molecule has 6 nitrogen and oxygen atoms in total. The molecule has 0 unspecified atom stereocenters. The Hall–Kier alpha value is -3.16. The number of benzene rings is 2. The van der Waals surface area contributed by atoms with Crippen LogP contribution in [-0.4, -0.2) is 18.5 Å². The van der Waals surface area contributed by atoms with Crippen LogP contribution in [0.1, 0.15) is 10.4 Å². The maximum Gasteiger partial charge on any atom is 0.387 e. The predicted molar refractivity (Wildman–Crippen MR) is 80.7 cm³/mol. The van der Waals surface area contributed by atoms with Gasteiger partial charge in [0.2, 0.25) is 0 Å². The first kappa shape index (κ1) is 16.2. The molecule has 0 heterocycles. The number of primary amides is 1. The largest absolute Gasteiger partial charge is 0.435 e. The predicted octanol–water partition coefficient (Wildman–Crippen LogP) is 3.03. The second-order valence-electron chi connectivity index (χ2n) is 4.43. The Morgan fingerprint density at radius 3 is 2.30 bits per heavy atom. The highest BCUT2D eigenvalue weighted by Crippen LogP contribution is 2.19. The molecule has 2 aromatic rings. The van der Waals surface area contributed by atoms with Crippen LogP contribution in [0, 0.1) is 0 Å². The van der Waals surface area contributed by atoms with Gasteiger partial charge in [0, 0.05) is 16.9 Å². The third-order valence-electron chi connectivity index (χ3n) is 2.71. The molecule has 0 aliphatic carbocycles. The maximum atomic E-state index is 12.2. The fourth-order valence-corrected chi connectivity index (χ4v) is 1.83. The lowest BCUT2D eigenvalue weighted by atomic mass is 10.2. The molecule has 0 fully saturated rings. The highest BCUT2D eigenvalue weighted by Gasteiger charge is 2.10. The molecule has 0 saturated carbocycles. The first-order chi connectivity index (χ1) is 10.9. The van der Waals surface area contributed by atoms with Gasteiger partial charge in [0.05, 0.1) is 0 Å². The van der Waals surface area contributed by atoms with Crippen LogP contribution in [-0.2, 0) is 0 Å². The van der Waals surface area contributed by atoms with Gasteiger partial charge in [0.1, 0.15) is 5.75 Å². The minimum Gasteiger partial charge on any atom is -0.435 e. The van der Waals surface area contributed by atoms with Gasteiger partial charge in [0.15, 0.2) is 0 Å². The molecule has 0 aromatic heterocycles. The number of anilines is 2. The molecule has 23 heavy (non-hydrogen) atoms. The van der Waals surface area contributed by atoms with E-state index in [4.69, 9.17) is 5.73 Å². The second-order valence-corrected chi connectivity index (χ2v) is 4.43. The van der Waals surface area contributed by atoms with E-state index < -0.39 is 18.5 Å². The molecule has 0 spiro atoms. The number of urea groups is 1. The molecule has 8 heteroatoms. The molecule has 0 aliphatic rings. The van der Waals surface area contributed by atoms with E-state index in [0.29, 0.717) is 11.4 Å². The molecule has 0 bridgehead atoms. The fourth-order valence-electron chi connectivity index (χ4n) is 1.83. The Labute approximate surface area is 130 Å². The molecular weight excluding hydrogens is 308 g/mol. The molecule has 2 rings (SSSR count). The Kier molecular flexibility index (Phi) is 5.08. The van der Waals surface area contributed by atoms with Crippen LogP contribution in [0.2, 0.25) is 0 Å². The van der Waals surface area contributed by atoms with E-state index in [0.717, 1.165) is 0 Å². The Morgan fingerprint density at radius 1 is 1.00 bits per heavy atom. The van der Waals surface area contributed by atoms with Crippen molar-refractivity contribution in [1.82, 2.24) is 0 Å². The number of carbonyl (C=O) groups excluding carboxylic acids is 2. The number of ether oxygens (including phenoxy) is 1. The third-order valence-corrected chi connectivity index (χ3v) is 2.71. The van der Waals surface area contributed by atoms with Crippen molar-refractivity contribution in [3.05, 3.63) is 54.1 Å². The summed E-state index contributed by atoms with van der Waals surface area (Å²) in [7, 11) is 0. The number of halogens is 2. The topological polar surface area (TPSA) is 93.5 Å². The van der Waals surface area contributed by atoms with E-state index in [-0.39, 0.29) is 11.3 Å². The quantitative estimate of drug-likeness (QED) is 0.790. The van der Waals surface area contributed by atoms with Crippen LogP contribution < -0.4 is 21.1 Å². The van der Waals surface area contributed by atoms with E-state index in [9.17, 15) is 18.4 Å². The molecule has 3 amide bonds. The van der Waals surface area contributed by atoms with Gasteiger partial charge in [-0.3, -0.25) is 4.79 Å². The number of nitrogens with one attached hydrogen (secondary N) is 2. The number of rotatable bonds is 5. The molecule has 2 aromatic carbocycles. The van der Waals surface area contributed by atoms with Crippen molar-refractivity contribution >= 4 is 23.3 Å². The van der Waals surface area contributed by atoms with Gasteiger partial charge in [0.25, 0.3) is 5.91 Å². The summed E-state index contributed by atoms with van der Waals surface area (Å²) in [6.07, 6.45) is 0. The summed E-state index contributed by atoms with van der Waals surface area (Å²) in [5, 5.41) is 4.95. The minimum absolute atomic E-state index is 0.114. The Morgan fingerprint density at radius 2 is 1.65 bits per heavy atom. The molecule has 120 valence electrons. The highest BCUT2D eigenvalue weighted by atomic mass is 19.3. The van der Waals surface area contributed by atoms with Crippen LogP contribution in [0.3, 0.4) is 0 Å². The standard InChI is InChI=1S/C15H13F2N3O3/c16-14(17)23-12-6-1-3-9(7-12)13(21)19-10-4-2-5-11(8-10)20-15(18)22/h1-8,14H,(H,19,21)(H3,18,20,22). The van der Waals surface area contributed by atoms with Crippen LogP contribution in [0.5, 0.6) is 5.75 Å². The molecule has 0 radical (unpaired) electrons. The van der Waals surface area contributed by atoms with Crippen molar-refractivity contribution in [2.24, 2.45) is 5.73 Å². The fraction of sp³-hybridized carbons (Fsp3) is 0.0667. The van der Waals surface area contributed by atoms with Crippen LogP contribution >= 0.6 is 0 Å². The summed E-state index contributed by atoms with van der Waals surface area (Å²) >= 11 is 0.